The standard InChI is InChI=1S/C14H19NO2/c1-16-13-9-8-12(10-14(13)17-2)15-11-6-4-3-5-7-11/h4,6,8-11,15H,3,5,7H2,1-2H3. The summed E-state index contributed by atoms with van der Waals surface area (Å²) in [6.45, 7) is 0. The van der Waals surface area contributed by atoms with Crippen LogP contribution in [-0.4, -0.2) is 20.3 Å². The highest BCUT2D eigenvalue weighted by molar-refractivity contribution is 5.55. The maximum Gasteiger partial charge on any atom is 0.162 e. The first-order valence-corrected chi connectivity index (χ1v) is 5.98. The molecule has 1 atom stereocenters. The van der Waals surface area contributed by atoms with Gasteiger partial charge in [-0.25, -0.2) is 0 Å². The molecular formula is C14H19NO2. The highest BCUT2D eigenvalue weighted by atomic mass is 16.5. The molecule has 0 aromatic heterocycles. The Hall–Kier alpha value is -1.64. The predicted molar refractivity (Wildman–Crippen MR) is 69.9 cm³/mol. The van der Waals surface area contributed by atoms with Crippen LogP contribution in [0.15, 0.2) is 30.4 Å². The zero-order valence-corrected chi connectivity index (χ0v) is 10.4. The van der Waals surface area contributed by atoms with E-state index in [1.54, 1.807) is 14.2 Å². The first-order valence-electron chi connectivity index (χ1n) is 5.98. The van der Waals surface area contributed by atoms with Gasteiger partial charge in [0.15, 0.2) is 11.5 Å². The average Bonchev–Trinajstić information content (AvgIpc) is 2.40. The molecule has 0 amide bonds. The highest BCUT2D eigenvalue weighted by Gasteiger charge is 2.10. The van der Waals surface area contributed by atoms with Gasteiger partial charge in [-0.1, -0.05) is 12.2 Å². The molecular weight excluding hydrogens is 214 g/mol. The third kappa shape index (κ3) is 2.93. The Kier molecular flexibility index (Phi) is 3.91. The van der Waals surface area contributed by atoms with Crippen LogP contribution in [0.1, 0.15) is 19.3 Å². The third-order valence-corrected chi connectivity index (χ3v) is 2.99. The van der Waals surface area contributed by atoms with Gasteiger partial charge in [0.25, 0.3) is 0 Å². The molecule has 0 saturated carbocycles. The minimum absolute atomic E-state index is 0.432. The lowest BCUT2D eigenvalue weighted by Crippen LogP contribution is -2.18. The van der Waals surface area contributed by atoms with Crippen LogP contribution in [0.25, 0.3) is 0 Å². The Morgan fingerprint density at radius 2 is 2.00 bits per heavy atom. The minimum atomic E-state index is 0.432. The summed E-state index contributed by atoms with van der Waals surface area (Å²) in [6, 6.07) is 6.35. The Bertz CT molecular complexity index is 401. The molecule has 0 spiro atoms. The van der Waals surface area contributed by atoms with Crippen LogP contribution in [0.2, 0.25) is 0 Å². The van der Waals surface area contributed by atoms with E-state index < -0.39 is 0 Å². The molecule has 0 saturated heterocycles. The van der Waals surface area contributed by atoms with E-state index in [0.29, 0.717) is 6.04 Å². The first kappa shape index (κ1) is 11.8. The molecule has 1 aliphatic rings. The third-order valence-electron chi connectivity index (χ3n) is 2.99. The number of hydrogen-bond donors (Lipinski definition) is 1. The van der Waals surface area contributed by atoms with Gasteiger partial charge < -0.3 is 14.8 Å². The fourth-order valence-corrected chi connectivity index (χ4v) is 2.07. The Balaban J connectivity index is 2.10. The number of nitrogens with one attached hydrogen (secondary N) is 1. The average molecular weight is 233 g/mol. The van der Waals surface area contributed by atoms with Crippen molar-refractivity contribution in [1.29, 1.82) is 0 Å². The van der Waals surface area contributed by atoms with Crippen molar-refractivity contribution in [1.82, 2.24) is 0 Å². The van der Waals surface area contributed by atoms with E-state index >= 15 is 0 Å². The fraction of sp³-hybridized carbons (Fsp3) is 0.429. The molecule has 17 heavy (non-hydrogen) atoms. The molecule has 1 aromatic carbocycles. The highest BCUT2D eigenvalue weighted by Crippen LogP contribution is 2.30. The topological polar surface area (TPSA) is 30.5 Å². The van der Waals surface area contributed by atoms with Crippen LogP contribution >= 0.6 is 0 Å². The zero-order chi connectivity index (χ0) is 12.1. The van der Waals surface area contributed by atoms with Gasteiger partial charge in [-0.3, -0.25) is 0 Å². The lowest BCUT2D eigenvalue weighted by Gasteiger charge is -2.20. The summed E-state index contributed by atoms with van der Waals surface area (Å²) in [5.74, 6) is 1.52. The van der Waals surface area contributed by atoms with E-state index in [9.17, 15) is 0 Å². The van der Waals surface area contributed by atoms with Crippen molar-refractivity contribution in [3.63, 3.8) is 0 Å². The molecule has 92 valence electrons. The zero-order valence-electron chi connectivity index (χ0n) is 10.4. The van der Waals surface area contributed by atoms with Gasteiger partial charge in [-0.15, -0.1) is 0 Å². The van der Waals surface area contributed by atoms with Gasteiger partial charge in [-0.2, -0.15) is 0 Å². The van der Waals surface area contributed by atoms with Crippen molar-refractivity contribution in [3.05, 3.63) is 30.4 Å². The van der Waals surface area contributed by atoms with Crippen molar-refractivity contribution >= 4 is 5.69 Å². The van der Waals surface area contributed by atoms with Crippen molar-refractivity contribution < 1.29 is 9.47 Å². The number of anilines is 1. The quantitative estimate of drug-likeness (QED) is 0.810. The molecule has 3 nitrogen and oxygen atoms in total. The summed E-state index contributed by atoms with van der Waals surface area (Å²) in [5.41, 5.74) is 1.07. The van der Waals surface area contributed by atoms with Gasteiger partial charge >= 0.3 is 0 Å². The summed E-state index contributed by atoms with van der Waals surface area (Å²) >= 11 is 0. The Morgan fingerprint density at radius 1 is 1.18 bits per heavy atom. The van der Waals surface area contributed by atoms with Gasteiger partial charge in [0, 0.05) is 17.8 Å². The van der Waals surface area contributed by atoms with Crippen LogP contribution in [0.4, 0.5) is 5.69 Å². The van der Waals surface area contributed by atoms with Crippen LogP contribution in [0.5, 0.6) is 11.5 Å². The largest absolute Gasteiger partial charge is 0.493 e. The molecule has 1 N–H and O–H groups in total. The molecule has 1 unspecified atom stereocenters. The van der Waals surface area contributed by atoms with Gasteiger partial charge in [0.05, 0.1) is 14.2 Å². The molecule has 3 heteroatoms. The monoisotopic (exact) mass is 233 g/mol. The second-order valence-corrected chi connectivity index (χ2v) is 4.18. The maximum atomic E-state index is 5.28. The molecule has 0 fully saturated rings. The smallest absolute Gasteiger partial charge is 0.162 e. The maximum absolute atomic E-state index is 5.28. The summed E-state index contributed by atoms with van der Waals surface area (Å²) in [6.07, 6.45) is 8.11. The van der Waals surface area contributed by atoms with Crippen molar-refractivity contribution in [2.24, 2.45) is 0 Å². The van der Waals surface area contributed by atoms with E-state index in [-0.39, 0.29) is 0 Å². The van der Waals surface area contributed by atoms with Crippen LogP contribution < -0.4 is 14.8 Å². The molecule has 0 bridgehead atoms. The molecule has 2 rings (SSSR count). The predicted octanol–water partition coefficient (Wildman–Crippen LogP) is 3.22. The van der Waals surface area contributed by atoms with E-state index in [4.69, 9.17) is 9.47 Å². The summed E-state index contributed by atoms with van der Waals surface area (Å²) < 4.78 is 10.5. The molecule has 0 heterocycles. The van der Waals surface area contributed by atoms with Crippen LogP contribution in [0.3, 0.4) is 0 Å². The second-order valence-electron chi connectivity index (χ2n) is 4.18. The molecule has 0 radical (unpaired) electrons. The Labute approximate surface area is 102 Å². The molecule has 1 aromatic rings. The number of allylic oxidation sites excluding steroid dienone is 1. The Morgan fingerprint density at radius 3 is 2.65 bits per heavy atom. The summed E-state index contributed by atoms with van der Waals surface area (Å²) in [5, 5.41) is 3.48. The number of methoxy groups -OCH3 is 2. The van der Waals surface area contributed by atoms with Gasteiger partial charge in [-0.05, 0) is 31.4 Å². The minimum Gasteiger partial charge on any atom is -0.493 e. The second kappa shape index (κ2) is 5.62. The summed E-state index contributed by atoms with van der Waals surface area (Å²) in [4.78, 5) is 0. The number of benzene rings is 1. The van der Waals surface area contributed by atoms with Gasteiger partial charge in [0.1, 0.15) is 0 Å². The number of hydrogen-bond acceptors (Lipinski definition) is 3. The van der Waals surface area contributed by atoms with E-state index in [1.807, 2.05) is 18.2 Å². The fourth-order valence-electron chi connectivity index (χ4n) is 2.07. The number of ether oxygens (including phenoxy) is 2. The van der Waals surface area contributed by atoms with Crippen LogP contribution in [0, 0.1) is 0 Å². The van der Waals surface area contributed by atoms with Crippen molar-refractivity contribution in [2.45, 2.75) is 25.3 Å². The van der Waals surface area contributed by atoms with E-state index in [1.165, 1.54) is 19.3 Å². The lowest BCUT2D eigenvalue weighted by molar-refractivity contribution is 0.355. The SMILES string of the molecule is COc1ccc(NC2C=CCCC2)cc1OC. The molecule has 0 aliphatic heterocycles. The van der Waals surface area contributed by atoms with E-state index in [0.717, 1.165) is 17.2 Å². The van der Waals surface area contributed by atoms with Crippen molar-refractivity contribution in [3.8, 4) is 11.5 Å². The summed E-state index contributed by atoms with van der Waals surface area (Å²) in [7, 11) is 3.30. The molecule has 1 aliphatic carbocycles. The lowest BCUT2D eigenvalue weighted by atomic mass is 10.0. The normalized spacial score (nSPS) is 18.8. The first-order chi connectivity index (χ1) is 8.33. The van der Waals surface area contributed by atoms with Crippen molar-refractivity contribution in [2.75, 3.05) is 19.5 Å². The van der Waals surface area contributed by atoms with Gasteiger partial charge in [0.2, 0.25) is 0 Å². The van der Waals surface area contributed by atoms with E-state index in [2.05, 4.69) is 17.5 Å². The number of rotatable bonds is 4. The van der Waals surface area contributed by atoms with Crippen LogP contribution in [-0.2, 0) is 0 Å².